The Morgan fingerprint density at radius 3 is 2.83 bits per heavy atom. The summed E-state index contributed by atoms with van der Waals surface area (Å²) in [5, 5.41) is 5.71. The maximum atomic E-state index is 10.7. The Balaban J connectivity index is 3.01. The Labute approximate surface area is 73.9 Å². The Bertz CT molecular complexity index is 160. The minimum atomic E-state index is 0.0914. The summed E-state index contributed by atoms with van der Waals surface area (Å²) in [5.74, 6) is 2.63. The fourth-order valence-electron chi connectivity index (χ4n) is 0.785. The Morgan fingerprint density at radius 2 is 2.25 bits per heavy atom. The highest BCUT2D eigenvalue weighted by atomic mass is 16.1. The van der Waals surface area contributed by atoms with Gasteiger partial charge in [0.05, 0.1) is 0 Å². The standard InChI is InChI=1S/C9H16N2O/c1-3-4-7-11-8-5-6-9(12)10-2/h1,11H,4-8H2,2H3,(H,10,12). The Morgan fingerprint density at radius 1 is 1.50 bits per heavy atom. The number of carbonyl (C=O) groups excluding carboxylic acids is 1. The van der Waals surface area contributed by atoms with Gasteiger partial charge in [-0.1, -0.05) is 0 Å². The van der Waals surface area contributed by atoms with Gasteiger partial charge in [-0.05, 0) is 13.0 Å². The lowest BCUT2D eigenvalue weighted by molar-refractivity contribution is -0.120. The average molecular weight is 168 g/mol. The maximum Gasteiger partial charge on any atom is 0.219 e. The first kappa shape index (κ1) is 11.0. The number of rotatable bonds is 6. The van der Waals surface area contributed by atoms with Crippen LogP contribution in [0.3, 0.4) is 0 Å². The Hall–Kier alpha value is -1.01. The normalized spacial score (nSPS) is 9.00. The summed E-state index contributed by atoms with van der Waals surface area (Å²) >= 11 is 0. The topological polar surface area (TPSA) is 41.1 Å². The SMILES string of the molecule is C#CCCNCCCC(=O)NC. The second kappa shape index (κ2) is 8.09. The zero-order chi connectivity index (χ0) is 9.23. The smallest absolute Gasteiger partial charge is 0.219 e. The van der Waals surface area contributed by atoms with Gasteiger partial charge in [-0.3, -0.25) is 4.79 Å². The second-order valence-corrected chi connectivity index (χ2v) is 2.48. The van der Waals surface area contributed by atoms with Crippen molar-refractivity contribution in [3.8, 4) is 12.3 Å². The van der Waals surface area contributed by atoms with E-state index >= 15 is 0 Å². The van der Waals surface area contributed by atoms with Crippen LogP contribution in [0.1, 0.15) is 19.3 Å². The van der Waals surface area contributed by atoms with Crippen LogP contribution < -0.4 is 10.6 Å². The first-order valence-corrected chi connectivity index (χ1v) is 4.16. The predicted octanol–water partition coefficient (Wildman–Crippen LogP) is 0.125. The van der Waals surface area contributed by atoms with Crippen LogP contribution in [0.2, 0.25) is 0 Å². The molecule has 0 aromatic heterocycles. The molecule has 68 valence electrons. The number of hydrogen-bond acceptors (Lipinski definition) is 2. The van der Waals surface area contributed by atoms with Crippen molar-refractivity contribution in [2.24, 2.45) is 0 Å². The summed E-state index contributed by atoms with van der Waals surface area (Å²) in [7, 11) is 1.65. The number of amides is 1. The highest BCUT2D eigenvalue weighted by Gasteiger charge is 1.95. The van der Waals surface area contributed by atoms with Gasteiger partial charge in [0.1, 0.15) is 0 Å². The minimum absolute atomic E-state index is 0.0914. The molecule has 0 rings (SSSR count). The molecule has 0 heterocycles. The van der Waals surface area contributed by atoms with Gasteiger partial charge >= 0.3 is 0 Å². The summed E-state index contributed by atoms with van der Waals surface area (Å²) in [5.41, 5.74) is 0. The van der Waals surface area contributed by atoms with Crippen molar-refractivity contribution in [1.82, 2.24) is 10.6 Å². The van der Waals surface area contributed by atoms with Crippen LogP contribution in [0.25, 0.3) is 0 Å². The van der Waals surface area contributed by atoms with Crippen LogP contribution in [0.15, 0.2) is 0 Å². The van der Waals surface area contributed by atoms with Crippen molar-refractivity contribution in [3.63, 3.8) is 0 Å². The predicted molar refractivity (Wildman–Crippen MR) is 49.6 cm³/mol. The zero-order valence-electron chi connectivity index (χ0n) is 7.52. The van der Waals surface area contributed by atoms with Crippen LogP contribution >= 0.6 is 0 Å². The molecular formula is C9H16N2O. The lowest BCUT2D eigenvalue weighted by atomic mass is 10.3. The van der Waals surface area contributed by atoms with Gasteiger partial charge in [-0.15, -0.1) is 12.3 Å². The Kier molecular flexibility index (Phi) is 7.41. The molecule has 0 aliphatic heterocycles. The van der Waals surface area contributed by atoms with Crippen molar-refractivity contribution in [2.45, 2.75) is 19.3 Å². The summed E-state index contributed by atoms with van der Waals surface area (Å²) in [6, 6.07) is 0. The van der Waals surface area contributed by atoms with E-state index in [4.69, 9.17) is 6.42 Å². The molecule has 0 aliphatic rings. The highest BCUT2D eigenvalue weighted by molar-refractivity contribution is 5.75. The van der Waals surface area contributed by atoms with E-state index in [1.54, 1.807) is 7.05 Å². The van der Waals surface area contributed by atoms with Gasteiger partial charge in [-0.25, -0.2) is 0 Å². The monoisotopic (exact) mass is 168 g/mol. The summed E-state index contributed by atoms with van der Waals surface area (Å²) < 4.78 is 0. The number of terminal acetylenes is 1. The molecule has 0 saturated heterocycles. The van der Waals surface area contributed by atoms with Crippen molar-refractivity contribution < 1.29 is 4.79 Å². The molecule has 3 heteroatoms. The molecule has 0 bridgehead atoms. The fourth-order valence-corrected chi connectivity index (χ4v) is 0.785. The number of nitrogens with one attached hydrogen (secondary N) is 2. The molecule has 0 fully saturated rings. The van der Waals surface area contributed by atoms with Gasteiger partial charge in [-0.2, -0.15) is 0 Å². The number of carbonyl (C=O) groups is 1. The lowest BCUT2D eigenvalue weighted by Crippen LogP contribution is -2.21. The van der Waals surface area contributed by atoms with Crippen LogP contribution in [0, 0.1) is 12.3 Å². The quantitative estimate of drug-likeness (QED) is 0.437. The summed E-state index contributed by atoms with van der Waals surface area (Å²) in [6.45, 7) is 1.69. The maximum absolute atomic E-state index is 10.7. The zero-order valence-corrected chi connectivity index (χ0v) is 7.52. The molecule has 0 unspecified atom stereocenters. The van der Waals surface area contributed by atoms with Crippen LogP contribution in [0.4, 0.5) is 0 Å². The highest BCUT2D eigenvalue weighted by Crippen LogP contribution is 1.85. The van der Waals surface area contributed by atoms with Crippen LogP contribution in [-0.4, -0.2) is 26.0 Å². The molecule has 0 spiro atoms. The third-order valence-electron chi connectivity index (χ3n) is 1.48. The van der Waals surface area contributed by atoms with E-state index in [0.29, 0.717) is 6.42 Å². The van der Waals surface area contributed by atoms with Gasteiger partial charge in [0.2, 0.25) is 5.91 Å². The number of hydrogen-bond donors (Lipinski definition) is 2. The van der Waals surface area contributed by atoms with Crippen LogP contribution in [-0.2, 0) is 4.79 Å². The summed E-state index contributed by atoms with van der Waals surface area (Å²) in [6.07, 6.45) is 7.26. The summed E-state index contributed by atoms with van der Waals surface area (Å²) in [4.78, 5) is 10.7. The molecule has 12 heavy (non-hydrogen) atoms. The molecule has 0 aromatic carbocycles. The van der Waals surface area contributed by atoms with E-state index in [1.807, 2.05) is 0 Å². The molecule has 0 radical (unpaired) electrons. The van der Waals surface area contributed by atoms with E-state index in [2.05, 4.69) is 16.6 Å². The largest absolute Gasteiger partial charge is 0.359 e. The van der Waals surface area contributed by atoms with E-state index < -0.39 is 0 Å². The van der Waals surface area contributed by atoms with E-state index in [9.17, 15) is 4.79 Å². The minimum Gasteiger partial charge on any atom is -0.359 e. The average Bonchev–Trinajstić information content (AvgIpc) is 2.10. The van der Waals surface area contributed by atoms with Crippen LogP contribution in [0.5, 0.6) is 0 Å². The van der Waals surface area contributed by atoms with Crippen molar-refractivity contribution >= 4 is 5.91 Å². The van der Waals surface area contributed by atoms with Crippen molar-refractivity contribution in [2.75, 3.05) is 20.1 Å². The molecule has 0 aromatic rings. The first-order valence-electron chi connectivity index (χ1n) is 4.16. The molecule has 2 N–H and O–H groups in total. The van der Waals surface area contributed by atoms with Gasteiger partial charge < -0.3 is 10.6 Å². The van der Waals surface area contributed by atoms with Gasteiger partial charge in [0.25, 0.3) is 0 Å². The molecular weight excluding hydrogens is 152 g/mol. The van der Waals surface area contributed by atoms with Crippen molar-refractivity contribution in [3.05, 3.63) is 0 Å². The third kappa shape index (κ3) is 7.10. The van der Waals surface area contributed by atoms with E-state index in [-0.39, 0.29) is 5.91 Å². The lowest BCUT2D eigenvalue weighted by Gasteiger charge is -2.01. The molecule has 1 amide bonds. The van der Waals surface area contributed by atoms with E-state index in [1.165, 1.54) is 0 Å². The second-order valence-electron chi connectivity index (χ2n) is 2.48. The van der Waals surface area contributed by atoms with E-state index in [0.717, 1.165) is 25.9 Å². The molecule has 0 aliphatic carbocycles. The first-order chi connectivity index (χ1) is 5.81. The molecule has 0 saturated carbocycles. The molecule has 3 nitrogen and oxygen atoms in total. The third-order valence-corrected chi connectivity index (χ3v) is 1.48. The van der Waals surface area contributed by atoms with Gasteiger partial charge in [0, 0.05) is 26.4 Å². The van der Waals surface area contributed by atoms with Crippen molar-refractivity contribution in [1.29, 1.82) is 0 Å². The fraction of sp³-hybridized carbons (Fsp3) is 0.667. The van der Waals surface area contributed by atoms with Gasteiger partial charge in [0.15, 0.2) is 0 Å². The molecule has 0 atom stereocenters.